The highest BCUT2D eigenvalue weighted by Crippen LogP contribution is 2.46. The summed E-state index contributed by atoms with van der Waals surface area (Å²) in [6.45, 7) is 2.49. The number of pyridine rings is 1. The highest BCUT2D eigenvalue weighted by Gasteiger charge is 2.60. The monoisotopic (exact) mass is 636 g/mol. The lowest BCUT2D eigenvalue weighted by Crippen LogP contribution is -2.59. The summed E-state index contributed by atoms with van der Waals surface area (Å²) < 4.78 is 43.8. The number of piperidine rings is 1. The van der Waals surface area contributed by atoms with E-state index in [1.165, 1.54) is 10.9 Å². The van der Waals surface area contributed by atoms with Crippen molar-refractivity contribution in [1.29, 1.82) is 0 Å². The molecule has 4 aromatic rings. The summed E-state index contributed by atoms with van der Waals surface area (Å²) in [5.74, 6) is -2.03. The molecule has 2 aliphatic heterocycles. The third-order valence-corrected chi connectivity index (χ3v) is 9.06. The van der Waals surface area contributed by atoms with Crippen LogP contribution in [0.15, 0.2) is 66.9 Å². The standard InChI is InChI=1S/C25H24N2O2.C10H15F3N2O2/c1-27(2)16-18-7-4-10-22-20(18)14-15-26-25(22)23-11-5-8-19-17(12-13-24(28)29)6-3-9-21(19)23;11-10(12,13)9(8(14)16)1-3-15(4-2-9)7-5-17-6-7/h3-11,14-15H,12-13,16H2,1-2H3,(H,28,29);7H,1-6H2,(H2,14,16). The number of alkyl halides is 3. The van der Waals surface area contributed by atoms with Gasteiger partial charge in [0.25, 0.3) is 0 Å². The number of aliphatic carboxylic acids is 1. The summed E-state index contributed by atoms with van der Waals surface area (Å²) in [7, 11) is 4.15. The number of nitrogens with zero attached hydrogens (tertiary/aromatic N) is 3. The minimum Gasteiger partial charge on any atom is -0.481 e. The second-order valence-corrected chi connectivity index (χ2v) is 12.3. The van der Waals surface area contributed by atoms with Gasteiger partial charge in [-0.2, -0.15) is 13.2 Å². The molecule has 3 aromatic carbocycles. The van der Waals surface area contributed by atoms with Gasteiger partial charge in [-0.25, -0.2) is 0 Å². The van der Waals surface area contributed by atoms with Gasteiger partial charge in [-0.15, -0.1) is 0 Å². The van der Waals surface area contributed by atoms with Crippen molar-refractivity contribution in [3.63, 3.8) is 0 Å². The number of ether oxygens (including phenoxy) is 1. The molecule has 2 aliphatic rings. The van der Waals surface area contributed by atoms with Gasteiger partial charge < -0.3 is 20.5 Å². The van der Waals surface area contributed by atoms with Crippen LogP contribution in [0.25, 0.3) is 32.8 Å². The molecule has 244 valence electrons. The molecule has 0 bridgehead atoms. The van der Waals surface area contributed by atoms with E-state index in [1.54, 1.807) is 0 Å². The number of primary amides is 1. The molecule has 1 aromatic heterocycles. The van der Waals surface area contributed by atoms with Crippen LogP contribution >= 0.6 is 0 Å². The first kappa shape index (κ1) is 33.3. The van der Waals surface area contributed by atoms with Gasteiger partial charge in [0, 0.05) is 30.1 Å². The number of carbonyl (C=O) groups is 2. The van der Waals surface area contributed by atoms with Crippen molar-refractivity contribution in [2.45, 2.75) is 44.4 Å². The molecule has 0 unspecified atom stereocenters. The minimum atomic E-state index is -4.55. The topological polar surface area (TPSA) is 109 Å². The Balaban J connectivity index is 0.000000209. The van der Waals surface area contributed by atoms with Crippen molar-refractivity contribution >= 4 is 33.4 Å². The highest BCUT2D eigenvalue weighted by molar-refractivity contribution is 6.05. The second kappa shape index (κ2) is 13.7. The first-order chi connectivity index (χ1) is 21.9. The third kappa shape index (κ3) is 6.86. The zero-order chi connectivity index (χ0) is 33.1. The van der Waals surface area contributed by atoms with Crippen molar-refractivity contribution in [1.82, 2.24) is 14.8 Å². The van der Waals surface area contributed by atoms with Gasteiger partial charge >= 0.3 is 12.1 Å². The number of hydrogen-bond acceptors (Lipinski definition) is 6. The predicted octanol–water partition coefficient (Wildman–Crippen LogP) is 5.65. The van der Waals surface area contributed by atoms with E-state index in [0.29, 0.717) is 19.6 Å². The molecule has 1 amide bonds. The molecule has 0 atom stereocenters. The fourth-order valence-electron chi connectivity index (χ4n) is 6.38. The average Bonchev–Trinajstić information content (AvgIpc) is 2.98. The summed E-state index contributed by atoms with van der Waals surface area (Å²) >= 11 is 0. The average molecular weight is 637 g/mol. The van der Waals surface area contributed by atoms with Crippen molar-refractivity contribution in [3.8, 4) is 11.3 Å². The van der Waals surface area contributed by atoms with Gasteiger partial charge in [0.15, 0.2) is 0 Å². The molecule has 3 N–H and O–H groups in total. The molecule has 2 saturated heterocycles. The number of hydrogen-bond donors (Lipinski definition) is 2. The fraction of sp³-hybridized carbons (Fsp3) is 0.400. The Kier molecular flexibility index (Phi) is 9.95. The Morgan fingerprint density at radius 2 is 1.57 bits per heavy atom. The van der Waals surface area contributed by atoms with Gasteiger partial charge in [-0.3, -0.25) is 19.5 Å². The van der Waals surface area contributed by atoms with E-state index in [4.69, 9.17) is 20.6 Å². The molecule has 3 heterocycles. The number of likely N-dealkylation sites (tertiary alicyclic amines) is 1. The Labute approximate surface area is 265 Å². The summed E-state index contributed by atoms with van der Waals surface area (Å²) in [6.07, 6.45) is -2.52. The Bertz CT molecular complexity index is 1710. The SMILES string of the molecule is CN(C)Cc1cccc2c(-c3cccc4c(CCC(=O)O)cccc34)nccc12.NC(=O)C1(C(F)(F)F)CCN(C2COC2)CC1. The van der Waals surface area contributed by atoms with Crippen molar-refractivity contribution in [3.05, 3.63) is 78.0 Å². The van der Waals surface area contributed by atoms with Crippen LogP contribution in [-0.4, -0.2) is 84.4 Å². The maximum Gasteiger partial charge on any atom is 0.403 e. The summed E-state index contributed by atoms with van der Waals surface area (Å²) in [6, 6.07) is 21.0. The molecule has 0 radical (unpaired) electrons. The van der Waals surface area contributed by atoms with E-state index in [-0.39, 0.29) is 38.4 Å². The predicted molar refractivity (Wildman–Crippen MR) is 171 cm³/mol. The number of amides is 1. The van der Waals surface area contributed by atoms with Gasteiger partial charge in [0.05, 0.1) is 24.9 Å². The molecular formula is C35H39F3N4O4. The van der Waals surface area contributed by atoms with Gasteiger partial charge in [-0.05, 0) is 79.8 Å². The number of carboxylic acid groups (broad SMARTS) is 1. The van der Waals surface area contributed by atoms with Crippen LogP contribution < -0.4 is 5.73 Å². The first-order valence-corrected chi connectivity index (χ1v) is 15.3. The normalized spacial score (nSPS) is 17.0. The number of nitrogens with two attached hydrogens (primary N) is 1. The van der Waals surface area contributed by atoms with E-state index >= 15 is 0 Å². The first-order valence-electron chi connectivity index (χ1n) is 15.3. The number of halogens is 3. The number of carboxylic acids is 1. The summed E-state index contributed by atoms with van der Waals surface area (Å²) in [4.78, 5) is 31.0. The van der Waals surface area contributed by atoms with Gasteiger partial charge in [0.1, 0.15) is 5.41 Å². The lowest BCUT2D eigenvalue weighted by molar-refractivity contribution is -0.234. The van der Waals surface area contributed by atoms with E-state index in [2.05, 4.69) is 61.5 Å². The fourth-order valence-corrected chi connectivity index (χ4v) is 6.38. The lowest BCUT2D eigenvalue weighted by atomic mass is 9.76. The molecule has 8 nitrogen and oxygen atoms in total. The number of aromatic nitrogens is 1. The molecule has 0 aliphatic carbocycles. The number of fused-ring (bicyclic) bond motifs is 2. The second-order valence-electron chi connectivity index (χ2n) is 12.3. The maximum absolute atomic E-state index is 12.9. The van der Waals surface area contributed by atoms with Gasteiger partial charge in [0.2, 0.25) is 5.91 Å². The lowest BCUT2D eigenvalue weighted by Gasteiger charge is -2.45. The Morgan fingerprint density at radius 1 is 0.957 bits per heavy atom. The molecule has 6 rings (SSSR count). The van der Waals surface area contributed by atoms with E-state index in [1.807, 2.05) is 29.3 Å². The van der Waals surface area contributed by atoms with Crippen molar-refractivity contribution in [2.24, 2.45) is 11.1 Å². The smallest absolute Gasteiger partial charge is 0.403 e. The number of benzene rings is 3. The van der Waals surface area contributed by atoms with Gasteiger partial charge in [-0.1, -0.05) is 54.6 Å². The van der Waals surface area contributed by atoms with Crippen LogP contribution in [0.1, 0.15) is 30.4 Å². The molecule has 0 saturated carbocycles. The van der Waals surface area contributed by atoms with Crippen LogP contribution in [0.4, 0.5) is 13.2 Å². The van der Waals surface area contributed by atoms with Crippen molar-refractivity contribution < 1.29 is 32.6 Å². The highest BCUT2D eigenvalue weighted by atomic mass is 19.4. The number of aryl methyl sites for hydroxylation is 1. The minimum absolute atomic E-state index is 0.129. The molecular weight excluding hydrogens is 597 g/mol. The zero-order valence-electron chi connectivity index (χ0n) is 26.0. The number of carbonyl (C=O) groups excluding carboxylic acids is 1. The molecule has 11 heteroatoms. The largest absolute Gasteiger partial charge is 0.481 e. The Hall–Kier alpha value is -4.06. The van der Waals surface area contributed by atoms with Crippen LogP contribution in [0.2, 0.25) is 0 Å². The molecule has 2 fully saturated rings. The van der Waals surface area contributed by atoms with Crippen LogP contribution in [0.3, 0.4) is 0 Å². The van der Waals surface area contributed by atoms with E-state index in [0.717, 1.165) is 39.5 Å². The van der Waals surface area contributed by atoms with Crippen LogP contribution in [-0.2, 0) is 27.3 Å². The Morgan fingerprint density at radius 3 is 2.15 bits per heavy atom. The van der Waals surface area contributed by atoms with Crippen molar-refractivity contribution in [2.75, 3.05) is 40.4 Å². The zero-order valence-corrected chi connectivity index (χ0v) is 26.0. The van der Waals surface area contributed by atoms with Crippen LogP contribution in [0.5, 0.6) is 0 Å². The van der Waals surface area contributed by atoms with Crippen LogP contribution in [0, 0.1) is 5.41 Å². The summed E-state index contributed by atoms with van der Waals surface area (Å²) in [5, 5.41) is 13.6. The van der Waals surface area contributed by atoms with E-state index in [9.17, 15) is 22.8 Å². The maximum atomic E-state index is 12.9. The molecule has 0 spiro atoms. The van der Waals surface area contributed by atoms with E-state index < -0.39 is 23.5 Å². The quantitative estimate of drug-likeness (QED) is 0.257. The molecule has 46 heavy (non-hydrogen) atoms. The third-order valence-electron chi connectivity index (χ3n) is 9.06. The number of rotatable bonds is 8. The summed E-state index contributed by atoms with van der Waals surface area (Å²) in [5.41, 5.74) is 6.99.